The molecule has 1 aliphatic heterocycles. The second kappa shape index (κ2) is 11.5. The molecular formula is C26H30Cl2N4O. The summed E-state index contributed by atoms with van der Waals surface area (Å²) in [5.74, 6) is 0.501. The molecule has 0 atom stereocenters. The van der Waals surface area contributed by atoms with Crippen molar-refractivity contribution in [3.63, 3.8) is 0 Å². The largest absolute Gasteiger partial charge is 0.362 e. The third-order valence-corrected chi connectivity index (χ3v) is 6.08. The Morgan fingerprint density at radius 1 is 1.06 bits per heavy atom. The highest BCUT2D eigenvalue weighted by atomic mass is 35.5. The zero-order valence-corrected chi connectivity index (χ0v) is 20.6. The van der Waals surface area contributed by atoms with Crippen molar-refractivity contribution in [2.24, 2.45) is 0 Å². The summed E-state index contributed by atoms with van der Waals surface area (Å²) in [4.78, 5) is 21.7. The molecule has 1 aromatic heterocycles. The maximum Gasteiger partial charge on any atom is 0.255 e. The van der Waals surface area contributed by atoms with Gasteiger partial charge in [0.1, 0.15) is 5.82 Å². The van der Waals surface area contributed by atoms with Crippen molar-refractivity contribution in [1.82, 2.24) is 9.88 Å². The van der Waals surface area contributed by atoms with Crippen molar-refractivity contribution in [3.8, 4) is 11.1 Å². The highest BCUT2D eigenvalue weighted by Crippen LogP contribution is 2.28. The summed E-state index contributed by atoms with van der Waals surface area (Å²) in [7, 11) is 3.76. The Morgan fingerprint density at radius 3 is 2.45 bits per heavy atom. The predicted molar refractivity (Wildman–Crippen MR) is 140 cm³/mol. The van der Waals surface area contributed by atoms with Crippen LogP contribution in [0.2, 0.25) is 5.02 Å². The number of benzene rings is 2. The van der Waals surface area contributed by atoms with Gasteiger partial charge in [0.15, 0.2) is 0 Å². The molecule has 0 aliphatic carbocycles. The molecule has 1 aliphatic rings. The third kappa shape index (κ3) is 6.26. The lowest BCUT2D eigenvalue weighted by atomic mass is 9.96. The van der Waals surface area contributed by atoms with Crippen LogP contribution in [0, 0.1) is 0 Å². The van der Waals surface area contributed by atoms with Crippen LogP contribution in [0.15, 0.2) is 60.8 Å². The van der Waals surface area contributed by atoms with Gasteiger partial charge < -0.3 is 10.2 Å². The molecule has 1 fully saturated rings. The molecule has 3 aromatic rings. The van der Waals surface area contributed by atoms with Crippen LogP contribution in [0.1, 0.15) is 35.2 Å². The van der Waals surface area contributed by atoms with Crippen LogP contribution in [-0.4, -0.2) is 43.0 Å². The number of amides is 1. The number of aromatic nitrogens is 1. The zero-order chi connectivity index (χ0) is 22.5. The van der Waals surface area contributed by atoms with Crippen molar-refractivity contribution in [2.45, 2.75) is 25.8 Å². The average Bonchev–Trinajstić information content (AvgIpc) is 2.80. The number of pyridine rings is 1. The molecule has 1 N–H and O–H groups in total. The van der Waals surface area contributed by atoms with E-state index in [1.54, 1.807) is 12.3 Å². The number of carbonyl (C=O) groups is 1. The maximum absolute atomic E-state index is 13.0. The molecule has 2 heterocycles. The van der Waals surface area contributed by atoms with Gasteiger partial charge in [0.05, 0.1) is 16.9 Å². The lowest BCUT2D eigenvalue weighted by molar-refractivity contribution is 0.102. The van der Waals surface area contributed by atoms with Crippen molar-refractivity contribution in [2.75, 3.05) is 37.4 Å². The molecule has 174 valence electrons. The van der Waals surface area contributed by atoms with Crippen molar-refractivity contribution in [3.05, 3.63) is 76.9 Å². The number of likely N-dealkylation sites (tertiary alicyclic amines) is 1. The quantitative estimate of drug-likeness (QED) is 0.457. The first-order chi connectivity index (χ1) is 15.5. The van der Waals surface area contributed by atoms with E-state index in [-0.39, 0.29) is 18.3 Å². The number of nitrogens with one attached hydrogen (secondary N) is 1. The van der Waals surface area contributed by atoms with E-state index >= 15 is 0 Å². The number of carbonyl (C=O) groups excluding carboxylic acids is 1. The molecular weight excluding hydrogens is 455 g/mol. The molecule has 1 amide bonds. The SMILES string of the molecule is CN(C)c1ncc(NC(=O)c2ccc(-c3ccccc3)c(CN3CCCCC3)c2)cc1Cl.Cl. The van der Waals surface area contributed by atoms with Crippen LogP contribution < -0.4 is 10.2 Å². The van der Waals surface area contributed by atoms with Gasteiger partial charge in [-0.25, -0.2) is 4.98 Å². The molecule has 0 bridgehead atoms. The van der Waals surface area contributed by atoms with Gasteiger partial charge in [-0.15, -0.1) is 12.4 Å². The Kier molecular flexibility index (Phi) is 8.73. The van der Waals surface area contributed by atoms with E-state index in [9.17, 15) is 4.79 Å². The topological polar surface area (TPSA) is 48.5 Å². The van der Waals surface area contributed by atoms with Gasteiger partial charge in [0, 0.05) is 26.2 Å². The van der Waals surface area contributed by atoms with E-state index in [4.69, 9.17) is 11.6 Å². The van der Waals surface area contributed by atoms with Gasteiger partial charge in [-0.2, -0.15) is 0 Å². The average molecular weight is 485 g/mol. The number of hydrogen-bond acceptors (Lipinski definition) is 4. The van der Waals surface area contributed by atoms with Gasteiger partial charge in [-0.05, 0) is 60.8 Å². The fourth-order valence-corrected chi connectivity index (χ4v) is 4.49. The second-order valence-corrected chi connectivity index (χ2v) is 8.86. The van der Waals surface area contributed by atoms with Gasteiger partial charge in [0.25, 0.3) is 5.91 Å². The van der Waals surface area contributed by atoms with E-state index < -0.39 is 0 Å². The zero-order valence-electron chi connectivity index (χ0n) is 19.1. The maximum atomic E-state index is 13.0. The normalized spacial score (nSPS) is 13.8. The first kappa shape index (κ1) is 25.0. The van der Waals surface area contributed by atoms with Crippen molar-refractivity contribution in [1.29, 1.82) is 0 Å². The number of halogens is 2. The Balaban J connectivity index is 0.00000306. The molecule has 33 heavy (non-hydrogen) atoms. The predicted octanol–water partition coefficient (Wildman–Crippen LogP) is 6.13. The molecule has 5 nitrogen and oxygen atoms in total. The third-order valence-electron chi connectivity index (χ3n) is 5.80. The first-order valence-electron chi connectivity index (χ1n) is 11.1. The molecule has 2 aromatic carbocycles. The highest BCUT2D eigenvalue weighted by Gasteiger charge is 2.16. The van der Waals surface area contributed by atoms with Crippen LogP contribution in [0.4, 0.5) is 11.5 Å². The van der Waals surface area contributed by atoms with Gasteiger partial charge >= 0.3 is 0 Å². The lowest BCUT2D eigenvalue weighted by Crippen LogP contribution is -2.29. The smallest absolute Gasteiger partial charge is 0.255 e. The summed E-state index contributed by atoms with van der Waals surface area (Å²) in [5, 5.41) is 3.44. The van der Waals surface area contributed by atoms with E-state index in [0.29, 0.717) is 22.1 Å². The Morgan fingerprint density at radius 2 is 1.79 bits per heavy atom. The van der Waals surface area contributed by atoms with Gasteiger partial charge in [-0.3, -0.25) is 9.69 Å². The molecule has 7 heteroatoms. The monoisotopic (exact) mass is 484 g/mol. The second-order valence-electron chi connectivity index (χ2n) is 8.45. The summed E-state index contributed by atoms with van der Waals surface area (Å²) in [6.45, 7) is 3.05. The molecule has 0 radical (unpaired) electrons. The number of hydrogen-bond donors (Lipinski definition) is 1. The van der Waals surface area contributed by atoms with Gasteiger partial charge in [0.2, 0.25) is 0 Å². The minimum Gasteiger partial charge on any atom is -0.362 e. The summed E-state index contributed by atoms with van der Waals surface area (Å²) in [6.07, 6.45) is 5.40. The van der Waals surface area contributed by atoms with Crippen molar-refractivity contribution < 1.29 is 4.79 Å². The van der Waals surface area contributed by atoms with Crippen molar-refractivity contribution >= 4 is 41.4 Å². The van der Waals surface area contributed by atoms with Crippen LogP contribution in [0.25, 0.3) is 11.1 Å². The number of nitrogens with zero attached hydrogens (tertiary/aromatic N) is 3. The van der Waals surface area contributed by atoms with Crippen LogP contribution in [0.3, 0.4) is 0 Å². The van der Waals surface area contributed by atoms with E-state index in [2.05, 4.69) is 45.5 Å². The van der Waals surface area contributed by atoms with E-state index in [1.165, 1.54) is 36.0 Å². The highest BCUT2D eigenvalue weighted by molar-refractivity contribution is 6.33. The van der Waals surface area contributed by atoms with E-state index in [0.717, 1.165) is 19.6 Å². The van der Waals surface area contributed by atoms with Gasteiger partial charge in [-0.1, -0.05) is 54.4 Å². The Bertz CT molecular complexity index is 1080. The van der Waals surface area contributed by atoms with Crippen LogP contribution >= 0.6 is 24.0 Å². The van der Waals surface area contributed by atoms with E-state index in [1.807, 2.05) is 37.2 Å². The minimum atomic E-state index is -0.167. The lowest BCUT2D eigenvalue weighted by Gasteiger charge is -2.27. The standard InChI is InChI=1S/C26H29ClN4O.ClH/c1-30(2)25-24(27)16-22(17-28-25)29-26(32)20-11-12-23(19-9-5-3-6-10-19)21(15-20)18-31-13-7-4-8-14-31;/h3,5-6,9-12,15-17H,4,7-8,13-14,18H2,1-2H3,(H,29,32);1H. The number of piperidine rings is 1. The summed E-state index contributed by atoms with van der Waals surface area (Å²) >= 11 is 6.32. The Hall–Kier alpha value is -2.60. The molecule has 1 saturated heterocycles. The first-order valence-corrected chi connectivity index (χ1v) is 11.4. The summed E-state index contributed by atoms with van der Waals surface area (Å²) in [6, 6.07) is 18.1. The molecule has 4 rings (SSSR count). The van der Waals surface area contributed by atoms with Crippen LogP contribution in [0.5, 0.6) is 0 Å². The molecule has 0 saturated carbocycles. The minimum absolute atomic E-state index is 0. The number of anilines is 2. The fourth-order valence-electron chi connectivity index (χ4n) is 4.15. The van der Waals surface area contributed by atoms with Crippen LogP contribution in [-0.2, 0) is 6.54 Å². The fraction of sp³-hybridized carbons (Fsp3) is 0.308. The number of rotatable bonds is 6. The molecule has 0 unspecified atom stereocenters. The molecule has 0 spiro atoms. The summed E-state index contributed by atoms with van der Waals surface area (Å²) < 4.78 is 0. The Labute approximate surface area is 207 Å². The summed E-state index contributed by atoms with van der Waals surface area (Å²) in [5.41, 5.74) is 4.72.